The molecule has 0 aliphatic carbocycles. The van der Waals surface area contributed by atoms with Crippen LogP contribution in [0.1, 0.15) is 44.1 Å². The monoisotopic (exact) mass is 625 g/mol. The largest absolute Gasteiger partial charge is 0.416 e. The fourth-order valence-corrected chi connectivity index (χ4v) is 5.40. The van der Waals surface area contributed by atoms with Crippen molar-refractivity contribution in [3.05, 3.63) is 72.1 Å². The standard InChI is InChI=1S/C30H34F3N9OS/c1-5-19(3)14-40(6-2)17-24-11-27(44-39-24)38-28-29-34-13-25(42(29)15-20(4)36-28)21-12-35-41(16-21)18-26(43)37-23-9-7-22(8-10-23)30(31,32)33/h7-13,15-16,19H,5-6,14,17-18H2,1-4H3,(H,36,38)(H,37,43). The lowest BCUT2D eigenvalue weighted by Gasteiger charge is -2.22. The van der Waals surface area contributed by atoms with Crippen molar-refractivity contribution >= 4 is 39.6 Å². The van der Waals surface area contributed by atoms with Crippen LogP contribution in [0, 0.1) is 12.8 Å². The van der Waals surface area contributed by atoms with Gasteiger partial charge in [-0.15, -0.1) is 0 Å². The third-order valence-electron chi connectivity index (χ3n) is 7.24. The van der Waals surface area contributed by atoms with Crippen molar-refractivity contribution in [2.24, 2.45) is 5.92 Å². The van der Waals surface area contributed by atoms with Crippen molar-refractivity contribution in [3.63, 3.8) is 0 Å². The summed E-state index contributed by atoms with van der Waals surface area (Å²) in [7, 11) is 0. The summed E-state index contributed by atoms with van der Waals surface area (Å²) in [6.07, 6.45) is 3.65. The molecule has 2 N–H and O–H groups in total. The number of aromatic nitrogens is 6. The fourth-order valence-electron chi connectivity index (χ4n) is 4.75. The van der Waals surface area contributed by atoms with E-state index in [1.807, 2.05) is 23.6 Å². The van der Waals surface area contributed by atoms with E-state index in [0.717, 1.165) is 65.8 Å². The van der Waals surface area contributed by atoms with Crippen LogP contribution in [-0.2, 0) is 24.1 Å². The molecule has 44 heavy (non-hydrogen) atoms. The predicted octanol–water partition coefficient (Wildman–Crippen LogP) is 6.63. The number of rotatable bonds is 12. The Morgan fingerprint density at radius 3 is 2.61 bits per heavy atom. The lowest BCUT2D eigenvalue weighted by molar-refractivity contribution is -0.137. The van der Waals surface area contributed by atoms with Crippen molar-refractivity contribution in [1.29, 1.82) is 0 Å². The maximum Gasteiger partial charge on any atom is 0.416 e. The predicted molar refractivity (Wildman–Crippen MR) is 165 cm³/mol. The van der Waals surface area contributed by atoms with Crippen LogP contribution >= 0.6 is 11.5 Å². The molecule has 0 aliphatic rings. The second-order valence-electron chi connectivity index (χ2n) is 10.8. The van der Waals surface area contributed by atoms with E-state index in [9.17, 15) is 18.0 Å². The second-order valence-corrected chi connectivity index (χ2v) is 11.6. The number of nitrogens with one attached hydrogen (secondary N) is 2. The highest BCUT2D eigenvalue weighted by atomic mass is 32.1. The summed E-state index contributed by atoms with van der Waals surface area (Å²) in [5.41, 5.74) is 3.39. The summed E-state index contributed by atoms with van der Waals surface area (Å²) >= 11 is 1.38. The molecule has 14 heteroatoms. The molecule has 5 aromatic rings. The average Bonchev–Trinajstić information content (AvgIpc) is 3.72. The summed E-state index contributed by atoms with van der Waals surface area (Å²) in [6, 6.07) is 6.34. The number of carbonyl (C=O) groups excluding carboxylic acids is 1. The van der Waals surface area contributed by atoms with Gasteiger partial charge >= 0.3 is 6.18 Å². The van der Waals surface area contributed by atoms with Crippen LogP contribution in [0.2, 0.25) is 0 Å². The summed E-state index contributed by atoms with van der Waals surface area (Å²) in [5.74, 6) is 0.805. The van der Waals surface area contributed by atoms with Crippen molar-refractivity contribution in [2.45, 2.75) is 53.4 Å². The van der Waals surface area contributed by atoms with Gasteiger partial charge in [0.1, 0.15) is 11.5 Å². The van der Waals surface area contributed by atoms with Crippen molar-refractivity contribution < 1.29 is 18.0 Å². The number of aryl methyl sites for hydroxylation is 1. The van der Waals surface area contributed by atoms with Gasteiger partial charge in [-0.25, -0.2) is 9.97 Å². The molecule has 1 unspecified atom stereocenters. The Kier molecular flexibility index (Phi) is 9.30. The van der Waals surface area contributed by atoms with Gasteiger partial charge in [-0.1, -0.05) is 27.2 Å². The number of alkyl halides is 3. The smallest absolute Gasteiger partial charge is 0.328 e. The molecule has 0 radical (unpaired) electrons. The number of imidazole rings is 1. The lowest BCUT2D eigenvalue weighted by atomic mass is 10.1. The minimum atomic E-state index is -4.44. The maximum atomic E-state index is 12.8. The third kappa shape index (κ3) is 7.42. The molecular formula is C30H34F3N9OS. The molecule has 4 heterocycles. The zero-order valence-electron chi connectivity index (χ0n) is 24.9. The van der Waals surface area contributed by atoms with Crippen molar-refractivity contribution in [2.75, 3.05) is 23.7 Å². The number of nitrogens with zero attached hydrogens (tertiary/aromatic N) is 7. The number of hydrogen-bond acceptors (Lipinski definition) is 8. The highest BCUT2D eigenvalue weighted by Crippen LogP contribution is 2.30. The molecule has 0 saturated heterocycles. The van der Waals surface area contributed by atoms with Gasteiger partial charge in [0, 0.05) is 36.7 Å². The Hall–Kier alpha value is -4.30. The van der Waals surface area contributed by atoms with Gasteiger partial charge < -0.3 is 10.6 Å². The van der Waals surface area contributed by atoms with E-state index in [0.29, 0.717) is 17.4 Å². The summed E-state index contributed by atoms with van der Waals surface area (Å²) in [5, 5.41) is 11.2. The Morgan fingerprint density at radius 2 is 1.91 bits per heavy atom. The number of benzene rings is 1. The number of fused-ring (bicyclic) bond motifs is 1. The van der Waals surface area contributed by atoms with E-state index >= 15 is 0 Å². The summed E-state index contributed by atoms with van der Waals surface area (Å²) < 4.78 is 46.4. The van der Waals surface area contributed by atoms with Crippen LogP contribution in [0.15, 0.2) is 55.1 Å². The molecule has 1 amide bonds. The lowest BCUT2D eigenvalue weighted by Crippen LogP contribution is -2.27. The van der Waals surface area contributed by atoms with Gasteiger partial charge in [-0.3, -0.25) is 18.8 Å². The van der Waals surface area contributed by atoms with Crippen LogP contribution in [0.5, 0.6) is 0 Å². The highest BCUT2D eigenvalue weighted by Gasteiger charge is 2.30. The Bertz CT molecular complexity index is 1730. The minimum Gasteiger partial charge on any atom is -0.328 e. The first-order valence-corrected chi connectivity index (χ1v) is 15.1. The van der Waals surface area contributed by atoms with Gasteiger partial charge in [0.2, 0.25) is 5.91 Å². The van der Waals surface area contributed by atoms with Gasteiger partial charge in [-0.05, 0) is 61.3 Å². The van der Waals surface area contributed by atoms with Gasteiger partial charge in [-0.2, -0.15) is 22.6 Å². The number of halogens is 3. The van der Waals surface area contributed by atoms with E-state index in [4.69, 9.17) is 0 Å². The maximum absolute atomic E-state index is 12.8. The zero-order chi connectivity index (χ0) is 31.4. The van der Waals surface area contributed by atoms with Crippen LogP contribution in [0.4, 0.5) is 29.7 Å². The van der Waals surface area contributed by atoms with Crippen molar-refractivity contribution in [3.8, 4) is 11.3 Å². The molecule has 4 aromatic heterocycles. The summed E-state index contributed by atoms with van der Waals surface area (Å²) in [4.78, 5) is 24.2. The van der Waals surface area contributed by atoms with Gasteiger partial charge in [0.15, 0.2) is 11.5 Å². The van der Waals surface area contributed by atoms with Crippen LogP contribution < -0.4 is 10.6 Å². The first-order chi connectivity index (χ1) is 21.0. The molecule has 1 aromatic carbocycles. The van der Waals surface area contributed by atoms with E-state index in [-0.39, 0.29) is 12.2 Å². The molecular weight excluding hydrogens is 591 g/mol. The van der Waals surface area contributed by atoms with Crippen LogP contribution in [0.3, 0.4) is 0 Å². The second kappa shape index (κ2) is 13.1. The first-order valence-electron chi connectivity index (χ1n) is 14.3. The average molecular weight is 626 g/mol. The Labute approximate surface area is 257 Å². The van der Waals surface area contributed by atoms with Gasteiger partial charge in [0.05, 0.1) is 35.0 Å². The molecule has 10 nitrogen and oxygen atoms in total. The molecule has 0 fully saturated rings. The molecule has 0 aliphatic heterocycles. The minimum absolute atomic E-state index is 0.119. The first kappa shape index (κ1) is 31.1. The zero-order valence-corrected chi connectivity index (χ0v) is 25.7. The topological polar surface area (TPSA) is 105 Å². The normalized spacial score (nSPS) is 12.6. The number of carbonyl (C=O) groups is 1. The molecule has 1 atom stereocenters. The number of anilines is 3. The third-order valence-corrected chi connectivity index (χ3v) is 7.99. The number of amides is 1. The number of hydrogen-bond donors (Lipinski definition) is 2. The quantitative estimate of drug-likeness (QED) is 0.160. The SMILES string of the molecule is CCC(C)CN(CC)Cc1cc(Nc2nc(C)cn3c(-c4cnn(CC(=O)Nc5ccc(C(F)(F)F)cc5)c4)cnc23)sn1. The highest BCUT2D eigenvalue weighted by molar-refractivity contribution is 7.10. The van der Waals surface area contributed by atoms with E-state index in [1.54, 1.807) is 18.6 Å². The molecule has 0 spiro atoms. The van der Waals surface area contributed by atoms with E-state index in [1.165, 1.54) is 28.3 Å². The molecule has 5 rings (SSSR count). The van der Waals surface area contributed by atoms with Crippen LogP contribution in [-0.4, -0.2) is 52.4 Å². The summed E-state index contributed by atoms with van der Waals surface area (Å²) in [6.45, 7) is 11.2. The Morgan fingerprint density at radius 1 is 1.14 bits per heavy atom. The van der Waals surface area contributed by atoms with Crippen LogP contribution in [0.25, 0.3) is 16.9 Å². The molecule has 0 saturated carbocycles. The fraction of sp³-hybridized carbons (Fsp3) is 0.367. The van der Waals surface area contributed by atoms with Crippen molar-refractivity contribution in [1.82, 2.24) is 33.4 Å². The van der Waals surface area contributed by atoms with E-state index < -0.39 is 17.6 Å². The molecule has 232 valence electrons. The Balaban J connectivity index is 1.27. The van der Waals surface area contributed by atoms with E-state index in [2.05, 4.69) is 55.7 Å². The van der Waals surface area contributed by atoms with Gasteiger partial charge in [0.25, 0.3) is 0 Å². The molecule has 0 bridgehead atoms.